The Morgan fingerprint density at radius 3 is 2.50 bits per heavy atom. The Kier molecular flexibility index (Phi) is 2.80. The summed E-state index contributed by atoms with van der Waals surface area (Å²) >= 11 is 0. The predicted molar refractivity (Wildman–Crippen MR) is 54.0 cm³/mol. The number of nitrogens with zero attached hydrogens (tertiary/aromatic N) is 1. The van der Waals surface area contributed by atoms with Crippen LogP contribution >= 0.6 is 0 Å². The minimum atomic E-state index is -0.677. The topological polar surface area (TPSA) is 23.5 Å². The first kappa shape index (κ1) is 10.4. The first-order chi connectivity index (χ1) is 6.61. The number of likely N-dealkylation sites (N-methyl/N-ethyl adjacent to an activating group) is 1. The highest BCUT2D eigenvalue weighted by atomic mass is 19.1. The largest absolute Gasteiger partial charge is 0.389 e. The summed E-state index contributed by atoms with van der Waals surface area (Å²) in [7, 11) is 1.94. The second-order valence-corrected chi connectivity index (χ2v) is 5.01. The second-order valence-electron chi connectivity index (χ2n) is 5.01. The summed E-state index contributed by atoms with van der Waals surface area (Å²) in [5, 5.41) is 9.96. The lowest BCUT2D eigenvalue weighted by atomic mass is 9.80. The van der Waals surface area contributed by atoms with Crippen molar-refractivity contribution in [2.45, 2.75) is 56.3 Å². The molecule has 0 saturated heterocycles. The fourth-order valence-corrected chi connectivity index (χ4v) is 2.72. The third kappa shape index (κ3) is 1.94. The normalized spacial score (nSPS) is 36.0. The van der Waals surface area contributed by atoms with Crippen molar-refractivity contribution < 1.29 is 9.50 Å². The van der Waals surface area contributed by atoms with E-state index >= 15 is 0 Å². The summed E-state index contributed by atoms with van der Waals surface area (Å²) in [6.07, 6.45) is 4.87. The van der Waals surface area contributed by atoms with Crippen molar-refractivity contribution in [3.05, 3.63) is 0 Å². The van der Waals surface area contributed by atoms with Crippen LogP contribution in [-0.2, 0) is 0 Å². The lowest BCUT2D eigenvalue weighted by Gasteiger charge is -2.41. The Labute approximate surface area is 85.1 Å². The van der Waals surface area contributed by atoms with Crippen LogP contribution in [0.15, 0.2) is 0 Å². The summed E-state index contributed by atoms with van der Waals surface area (Å²) in [6, 6.07) is 0.0552. The van der Waals surface area contributed by atoms with Crippen LogP contribution in [-0.4, -0.2) is 41.4 Å². The van der Waals surface area contributed by atoms with E-state index in [1.165, 1.54) is 0 Å². The minimum Gasteiger partial charge on any atom is -0.389 e. The molecule has 0 amide bonds. The van der Waals surface area contributed by atoms with Gasteiger partial charge < -0.3 is 5.11 Å². The molecule has 2 aliphatic carbocycles. The molecule has 1 N–H and O–H groups in total. The van der Waals surface area contributed by atoms with Gasteiger partial charge in [0.1, 0.15) is 6.17 Å². The second kappa shape index (κ2) is 3.78. The lowest BCUT2D eigenvalue weighted by molar-refractivity contribution is -0.0645. The molecule has 2 atom stereocenters. The predicted octanol–water partition coefficient (Wildman–Crippen LogP) is 1.72. The Morgan fingerprint density at radius 2 is 2.07 bits per heavy atom. The average Bonchev–Trinajstić information content (AvgIpc) is 2.48. The van der Waals surface area contributed by atoms with E-state index in [4.69, 9.17) is 0 Å². The Morgan fingerprint density at radius 1 is 1.36 bits per heavy atom. The zero-order valence-corrected chi connectivity index (χ0v) is 8.88. The standard InChI is InChI=1S/C11H20FNO/c1-13(8-11(14)6-3-7-11)10-5-2-4-9(10)12/h9-10,14H,2-8H2,1H3/t9-,10-/m1/s1. The fourth-order valence-electron chi connectivity index (χ4n) is 2.72. The molecule has 14 heavy (non-hydrogen) atoms. The van der Waals surface area contributed by atoms with Crippen molar-refractivity contribution in [3.63, 3.8) is 0 Å². The summed E-state index contributed by atoms with van der Waals surface area (Å²) in [6.45, 7) is 0.651. The maximum atomic E-state index is 13.4. The fraction of sp³-hybridized carbons (Fsp3) is 1.00. The molecule has 0 aromatic carbocycles. The molecule has 2 rings (SSSR count). The van der Waals surface area contributed by atoms with Gasteiger partial charge in [-0.2, -0.15) is 0 Å². The Hall–Kier alpha value is -0.150. The van der Waals surface area contributed by atoms with Crippen molar-refractivity contribution in [1.29, 1.82) is 0 Å². The van der Waals surface area contributed by atoms with E-state index in [9.17, 15) is 9.50 Å². The molecule has 2 saturated carbocycles. The number of halogens is 1. The van der Waals surface area contributed by atoms with Gasteiger partial charge in [0.2, 0.25) is 0 Å². The number of alkyl halides is 1. The zero-order valence-electron chi connectivity index (χ0n) is 8.88. The van der Waals surface area contributed by atoms with Crippen LogP contribution in [0, 0.1) is 0 Å². The zero-order chi connectivity index (χ0) is 10.2. The SMILES string of the molecule is CN(CC1(O)CCC1)[C@@H]1CCC[C@H]1F. The first-order valence-electron chi connectivity index (χ1n) is 5.67. The van der Waals surface area contributed by atoms with Crippen LogP contribution in [0.3, 0.4) is 0 Å². The van der Waals surface area contributed by atoms with E-state index in [-0.39, 0.29) is 6.04 Å². The molecule has 2 nitrogen and oxygen atoms in total. The molecule has 0 heterocycles. The first-order valence-corrected chi connectivity index (χ1v) is 5.67. The highest BCUT2D eigenvalue weighted by molar-refractivity contribution is 4.93. The molecule has 2 fully saturated rings. The van der Waals surface area contributed by atoms with Gasteiger partial charge in [-0.3, -0.25) is 4.90 Å². The minimum absolute atomic E-state index is 0.0552. The van der Waals surface area contributed by atoms with Crippen LogP contribution in [0.4, 0.5) is 4.39 Å². The number of hydrogen-bond acceptors (Lipinski definition) is 2. The van der Waals surface area contributed by atoms with E-state index in [0.29, 0.717) is 13.0 Å². The van der Waals surface area contributed by atoms with Gasteiger partial charge in [-0.1, -0.05) is 0 Å². The third-order valence-corrected chi connectivity index (χ3v) is 3.79. The number of aliphatic hydroxyl groups is 1. The maximum absolute atomic E-state index is 13.4. The van der Waals surface area contributed by atoms with E-state index in [1.807, 2.05) is 11.9 Å². The molecule has 0 spiro atoms. The smallest absolute Gasteiger partial charge is 0.116 e. The highest BCUT2D eigenvalue weighted by Crippen LogP contribution is 2.34. The molecule has 2 aliphatic rings. The number of rotatable bonds is 3. The molecule has 3 heteroatoms. The van der Waals surface area contributed by atoms with E-state index in [1.54, 1.807) is 0 Å². The van der Waals surface area contributed by atoms with Gasteiger partial charge in [-0.15, -0.1) is 0 Å². The van der Waals surface area contributed by atoms with E-state index in [0.717, 1.165) is 32.1 Å². The molecule has 0 aromatic rings. The van der Waals surface area contributed by atoms with Gasteiger partial charge in [0.25, 0.3) is 0 Å². The Bertz CT molecular complexity index is 205. The van der Waals surface area contributed by atoms with Crippen LogP contribution in [0.2, 0.25) is 0 Å². The quantitative estimate of drug-likeness (QED) is 0.751. The molecule has 0 unspecified atom stereocenters. The van der Waals surface area contributed by atoms with Crippen molar-refractivity contribution >= 4 is 0 Å². The number of hydrogen-bond donors (Lipinski definition) is 1. The van der Waals surface area contributed by atoms with Crippen LogP contribution in [0.25, 0.3) is 0 Å². The average molecular weight is 201 g/mol. The van der Waals surface area contributed by atoms with Crippen LogP contribution in [0.1, 0.15) is 38.5 Å². The van der Waals surface area contributed by atoms with Crippen LogP contribution in [0.5, 0.6) is 0 Å². The Balaban J connectivity index is 1.85. The van der Waals surface area contributed by atoms with Gasteiger partial charge in [0, 0.05) is 12.6 Å². The van der Waals surface area contributed by atoms with Crippen molar-refractivity contribution in [3.8, 4) is 0 Å². The lowest BCUT2D eigenvalue weighted by Crippen LogP contribution is -2.50. The molecule has 0 aliphatic heterocycles. The molecule has 0 radical (unpaired) electrons. The third-order valence-electron chi connectivity index (χ3n) is 3.79. The summed E-state index contributed by atoms with van der Waals surface area (Å²) in [4.78, 5) is 2.02. The highest BCUT2D eigenvalue weighted by Gasteiger charge is 2.39. The van der Waals surface area contributed by atoms with Crippen molar-refractivity contribution in [2.75, 3.05) is 13.6 Å². The molecule has 82 valence electrons. The maximum Gasteiger partial charge on any atom is 0.116 e. The van der Waals surface area contributed by atoms with Gasteiger partial charge in [0.15, 0.2) is 0 Å². The molecular weight excluding hydrogens is 181 g/mol. The molecule has 0 aromatic heterocycles. The van der Waals surface area contributed by atoms with Gasteiger partial charge in [-0.05, 0) is 45.6 Å². The van der Waals surface area contributed by atoms with Gasteiger partial charge >= 0.3 is 0 Å². The summed E-state index contributed by atoms with van der Waals surface area (Å²) in [5.74, 6) is 0. The van der Waals surface area contributed by atoms with Gasteiger partial charge in [-0.25, -0.2) is 4.39 Å². The van der Waals surface area contributed by atoms with E-state index in [2.05, 4.69) is 0 Å². The molecule has 0 bridgehead atoms. The van der Waals surface area contributed by atoms with Crippen LogP contribution < -0.4 is 0 Å². The molecular formula is C11H20FNO. The van der Waals surface area contributed by atoms with E-state index < -0.39 is 11.8 Å². The van der Waals surface area contributed by atoms with Crippen molar-refractivity contribution in [2.24, 2.45) is 0 Å². The monoisotopic (exact) mass is 201 g/mol. The summed E-state index contributed by atoms with van der Waals surface area (Å²) in [5.41, 5.74) is -0.503. The van der Waals surface area contributed by atoms with Gasteiger partial charge in [0.05, 0.1) is 5.60 Å². The van der Waals surface area contributed by atoms with Crippen molar-refractivity contribution in [1.82, 2.24) is 4.90 Å². The summed E-state index contributed by atoms with van der Waals surface area (Å²) < 4.78 is 13.4.